The Morgan fingerprint density at radius 3 is 2.11 bits per heavy atom. The van der Waals surface area contributed by atoms with E-state index in [1.54, 1.807) is 4.90 Å². The molecule has 0 aromatic rings. The van der Waals surface area contributed by atoms with Crippen LogP contribution in [0.25, 0.3) is 0 Å². The molecule has 7 nitrogen and oxygen atoms in total. The first-order chi connectivity index (χ1) is 8.99. The molecule has 1 rings (SSSR count). The zero-order valence-electron chi connectivity index (χ0n) is 11.4. The second kappa shape index (κ2) is 7.08. The van der Waals surface area contributed by atoms with E-state index in [9.17, 15) is 14.4 Å². The molecule has 2 N–H and O–H groups in total. The highest BCUT2D eigenvalue weighted by atomic mass is 16.3. The van der Waals surface area contributed by atoms with E-state index in [2.05, 4.69) is 5.32 Å². The monoisotopic (exact) mass is 271 g/mol. The maximum atomic E-state index is 11.9. The molecule has 1 unspecified atom stereocenters. The molecule has 3 amide bonds. The van der Waals surface area contributed by atoms with Gasteiger partial charge < -0.3 is 20.2 Å². The standard InChI is InChI=1S/C12H21N3O4/c1-3-10(8-16)13-11(18)12(19)15-6-4-14(5-7-15)9(2)17/h10,16H,3-8H2,1-2H3,(H,13,18). The van der Waals surface area contributed by atoms with Crippen molar-refractivity contribution in [1.29, 1.82) is 0 Å². The lowest BCUT2D eigenvalue weighted by atomic mass is 10.2. The van der Waals surface area contributed by atoms with Crippen LogP contribution in [0.4, 0.5) is 0 Å². The predicted molar refractivity (Wildman–Crippen MR) is 68.1 cm³/mol. The van der Waals surface area contributed by atoms with Crippen molar-refractivity contribution in [1.82, 2.24) is 15.1 Å². The van der Waals surface area contributed by atoms with Crippen molar-refractivity contribution in [3.8, 4) is 0 Å². The fourth-order valence-electron chi connectivity index (χ4n) is 1.89. The maximum Gasteiger partial charge on any atom is 0.312 e. The minimum absolute atomic E-state index is 0.0251. The molecular formula is C12H21N3O4. The minimum atomic E-state index is -0.697. The average molecular weight is 271 g/mol. The van der Waals surface area contributed by atoms with Gasteiger partial charge in [0, 0.05) is 33.1 Å². The smallest absolute Gasteiger partial charge is 0.312 e. The normalized spacial score (nSPS) is 17.0. The topological polar surface area (TPSA) is 89.9 Å². The SMILES string of the molecule is CCC(CO)NC(=O)C(=O)N1CCN(C(C)=O)CC1. The number of nitrogens with one attached hydrogen (secondary N) is 1. The van der Waals surface area contributed by atoms with Gasteiger partial charge in [-0.25, -0.2) is 0 Å². The molecule has 1 atom stereocenters. The molecule has 0 bridgehead atoms. The summed E-state index contributed by atoms with van der Waals surface area (Å²) in [6, 6.07) is -0.394. The highest BCUT2D eigenvalue weighted by Crippen LogP contribution is 2.03. The second-order valence-electron chi connectivity index (χ2n) is 4.56. The van der Waals surface area contributed by atoms with E-state index in [1.807, 2.05) is 6.92 Å². The zero-order valence-corrected chi connectivity index (χ0v) is 11.4. The molecule has 0 spiro atoms. The molecule has 0 aromatic carbocycles. The van der Waals surface area contributed by atoms with Crippen LogP contribution in [-0.2, 0) is 14.4 Å². The summed E-state index contributed by atoms with van der Waals surface area (Å²) in [5, 5.41) is 11.5. The number of nitrogens with zero attached hydrogens (tertiary/aromatic N) is 2. The van der Waals surface area contributed by atoms with Gasteiger partial charge >= 0.3 is 11.8 Å². The number of aliphatic hydroxyl groups excluding tert-OH is 1. The lowest BCUT2D eigenvalue weighted by Gasteiger charge is -2.33. The zero-order chi connectivity index (χ0) is 14.4. The summed E-state index contributed by atoms with van der Waals surface area (Å²) in [6.45, 7) is 4.74. The Morgan fingerprint density at radius 2 is 1.68 bits per heavy atom. The maximum absolute atomic E-state index is 11.9. The first-order valence-electron chi connectivity index (χ1n) is 6.45. The summed E-state index contributed by atoms with van der Waals surface area (Å²) in [4.78, 5) is 37.8. The number of carbonyl (C=O) groups is 3. The van der Waals surface area contributed by atoms with Gasteiger partial charge in [-0.15, -0.1) is 0 Å². The molecule has 0 aliphatic carbocycles. The lowest BCUT2D eigenvalue weighted by molar-refractivity contribution is -0.148. The number of aliphatic hydroxyl groups is 1. The van der Waals surface area contributed by atoms with E-state index >= 15 is 0 Å². The number of hydrogen-bond acceptors (Lipinski definition) is 4. The number of rotatable bonds is 3. The highest BCUT2D eigenvalue weighted by molar-refractivity contribution is 6.35. The van der Waals surface area contributed by atoms with Crippen molar-refractivity contribution >= 4 is 17.7 Å². The quantitative estimate of drug-likeness (QED) is 0.615. The summed E-state index contributed by atoms with van der Waals surface area (Å²) < 4.78 is 0. The van der Waals surface area contributed by atoms with Crippen molar-refractivity contribution < 1.29 is 19.5 Å². The first-order valence-corrected chi connectivity index (χ1v) is 6.45. The van der Waals surface area contributed by atoms with E-state index in [0.29, 0.717) is 32.6 Å². The number of piperazine rings is 1. The molecule has 1 aliphatic heterocycles. The van der Waals surface area contributed by atoms with Gasteiger partial charge in [0.1, 0.15) is 0 Å². The lowest BCUT2D eigenvalue weighted by Crippen LogP contribution is -2.54. The largest absolute Gasteiger partial charge is 0.394 e. The summed E-state index contributed by atoms with van der Waals surface area (Å²) in [6.07, 6.45) is 0.563. The van der Waals surface area contributed by atoms with Crippen LogP contribution < -0.4 is 5.32 Å². The Bertz CT molecular complexity index is 347. The third kappa shape index (κ3) is 4.20. The molecule has 0 aromatic heterocycles. The molecule has 1 heterocycles. The molecule has 19 heavy (non-hydrogen) atoms. The van der Waals surface area contributed by atoms with Crippen molar-refractivity contribution in [3.05, 3.63) is 0 Å². The summed E-state index contributed by atoms with van der Waals surface area (Å²) >= 11 is 0. The van der Waals surface area contributed by atoms with Gasteiger partial charge in [0.05, 0.1) is 12.6 Å². The van der Waals surface area contributed by atoms with E-state index in [4.69, 9.17) is 5.11 Å². The van der Waals surface area contributed by atoms with E-state index < -0.39 is 17.9 Å². The van der Waals surface area contributed by atoms with Crippen molar-refractivity contribution in [2.45, 2.75) is 26.3 Å². The highest BCUT2D eigenvalue weighted by Gasteiger charge is 2.27. The molecule has 1 saturated heterocycles. The van der Waals surface area contributed by atoms with Crippen molar-refractivity contribution in [2.24, 2.45) is 0 Å². The third-order valence-electron chi connectivity index (χ3n) is 3.25. The van der Waals surface area contributed by atoms with Crippen molar-refractivity contribution in [2.75, 3.05) is 32.8 Å². The van der Waals surface area contributed by atoms with Gasteiger partial charge in [0.25, 0.3) is 0 Å². The van der Waals surface area contributed by atoms with Gasteiger partial charge in [-0.3, -0.25) is 14.4 Å². The second-order valence-corrected chi connectivity index (χ2v) is 4.56. The van der Waals surface area contributed by atoms with Crippen LogP contribution in [0.2, 0.25) is 0 Å². The number of carbonyl (C=O) groups excluding carboxylic acids is 3. The summed E-state index contributed by atoms with van der Waals surface area (Å²) in [7, 11) is 0. The van der Waals surface area contributed by atoms with Crippen LogP contribution in [0.3, 0.4) is 0 Å². The van der Waals surface area contributed by atoms with E-state index in [-0.39, 0.29) is 12.5 Å². The Morgan fingerprint density at radius 1 is 1.16 bits per heavy atom. The number of hydrogen-bond donors (Lipinski definition) is 2. The summed E-state index contributed by atoms with van der Waals surface area (Å²) in [5.74, 6) is -1.32. The van der Waals surface area contributed by atoms with Crippen LogP contribution in [0.1, 0.15) is 20.3 Å². The van der Waals surface area contributed by atoms with Gasteiger partial charge in [-0.2, -0.15) is 0 Å². The Hall–Kier alpha value is -1.63. The van der Waals surface area contributed by atoms with Crippen LogP contribution in [0.15, 0.2) is 0 Å². The van der Waals surface area contributed by atoms with Crippen LogP contribution in [-0.4, -0.2) is 71.5 Å². The minimum Gasteiger partial charge on any atom is -0.394 e. The molecule has 0 radical (unpaired) electrons. The Balaban J connectivity index is 2.46. The first kappa shape index (κ1) is 15.4. The molecular weight excluding hydrogens is 250 g/mol. The Labute approximate surface area is 112 Å². The molecule has 7 heteroatoms. The van der Waals surface area contributed by atoms with E-state index in [1.165, 1.54) is 11.8 Å². The molecule has 1 aliphatic rings. The number of amides is 3. The van der Waals surface area contributed by atoms with Gasteiger partial charge in [-0.1, -0.05) is 6.92 Å². The summed E-state index contributed by atoms with van der Waals surface area (Å²) in [5.41, 5.74) is 0. The fourth-order valence-corrected chi connectivity index (χ4v) is 1.89. The van der Waals surface area contributed by atoms with Gasteiger partial charge in [-0.05, 0) is 6.42 Å². The van der Waals surface area contributed by atoms with Crippen molar-refractivity contribution in [3.63, 3.8) is 0 Å². The predicted octanol–water partition coefficient (Wildman–Crippen LogP) is -1.44. The average Bonchev–Trinajstić information content (AvgIpc) is 2.43. The van der Waals surface area contributed by atoms with Gasteiger partial charge in [0.2, 0.25) is 5.91 Å². The van der Waals surface area contributed by atoms with Crippen LogP contribution in [0.5, 0.6) is 0 Å². The Kier molecular flexibility index (Phi) is 5.75. The van der Waals surface area contributed by atoms with Gasteiger partial charge in [0.15, 0.2) is 0 Å². The van der Waals surface area contributed by atoms with Crippen LogP contribution in [0, 0.1) is 0 Å². The molecule has 1 fully saturated rings. The molecule has 0 saturated carbocycles. The molecule has 108 valence electrons. The fraction of sp³-hybridized carbons (Fsp3) is 0.750. The van der Waals surface area contributed by atoms with E-state index in [0.717, 1.165) is 0 Å². The third-order valence-corrected chi connectivity index (χ3v) is 3.25. The van der Waals surface area contributed by atoms with Crippen LogP contribution >= 0.6 is 0 Å².